The van der Waals surface area contributed by atoms with Crippen LogP contribution >= 0.6 is 0 Å². The Bertz CT molecular complexity index is 1370. The largest absolute Gasteiger partial charge is 0.417 e. The molecule has 182 valence electrons. The van der Waals surface area contributed by atoms with E-state index in [2.05, 4.69) is 15.0 Å². The molecule has 34 heavy (non-hydrogen) atoms. The van der Waals surface area contributed by atoms with E-state index in [4.69, 9.17) is 4.74 Å². The second-order valence-corrected chi connectivity index (χ2v) is 11.4. The third kappa shape index (κ3) is 4.12. The van der Waals surface area contributed by atoms with E-state index in [1.165, 1.54) is 27.2 Å². The molecule has 0 unspecified atom stereocenters. The highest BCUT2D eigenvalue weighted by Gasteiger charge is 2.54. The molecule has 13 heteroatoms. The number of hydrogen-bond donors (Lipinski definition) is 0. The summed E-state index contributed by atoms with van der Waals surface area (Å²) in [5.74, 6) is 0.800. The van der Waals surface area contributed by atoms with Gasteiger partial charge in [-0.05, 0) is 32.0 Å². The third-order valence-corrected chi connectivity index (χ3v) is 7.16. The van der Waals surface area contributed by atoms with E-state index in [1.54, 1.807) is 12.3 Å². The number of nitrogens with zero attached hydrogens (tertiary/aromatic N) is 6. The van der Waals surface area contributed by atoms with Crippen molar-refractivity contribution in [3.63, 3.8) is 0 Å². The number of halogens is 3. The van der Waals surface area contributed by atoms with E-state index in [0.29, 0.717) is 30.2 Å². The topological polar surface area (TPSA) is 92.9 Å². The van der Waals surface area contributed by atoms with Crippen LogP contribution in [0.25, 0.3) is 17.2 Å². The summed E-state index contributed by atoms with van der Waals surface area (Å²) >= 11 is 0. The predicted octanol–water partition coefficient (Wildman–Crippen LogP) is 2.44. The Morgan fingerprint density at radius 3 is 2.47 bits per heavy atom. The first-order valence-electron chi connectivity index (χ1n) is 10.5. The molecule has 2 fully saturated rings. The van der Waals surface area contributed by atoms with Crippen LogP contribution in [0.4, 0.5) is 19.0 Å². The van der Waals surface area contributed by atoms with Crippen molar-refractivity contribution in [2.45, 2.75) is 31.2 Å². The minimum Gasteiger partial charge on any atom is -0.363 e. The Morgan fingerprint density at radius 1 is 1.06 bits per heavy atom. The predicted molar refractivity (Wildman–Crippen MR) is 118 cm³/mol. The molecule has 2 aliphatic heterocycles. The monoisotopic (exact) mass is 496 g/mol. The second kappa shape index (κ2) is 7.36. The van der Waals surface area contributed by atoms with Gasteiger partial charge in [0.1, 0.15) is 22.8 Å². The van der Waals surface area contributed by atoms with E-state index < -0.39 is 33.0 Å². The highest BCUT2D eigenvalue weighted by Crippen LogP contribution is 2.38. The lowest BCUT2D eigenvalue weighted by Gasteiger charge is -2.57. The Morgan fingerprint density at radius 2 is 1.79 bits per heavy atom. The van der Waals surface area contributed by atoms with Crippen molar-refractivity contribution in [1.82, 2.24) is 23.7 Å². The van der Waals surface area contributed by atoms with Crippen LogP contribution in [0.5, 0.6) is 0 Å². The summed E-state index contributed by atoms with van der Waals surface area (Å²) in [6.45, 7) is 5.26. The molecule has 0 aliphatic carbocycles. The van der Waals surface area contributed by atoms with Gasteiger partial charge in [0.2, 0.25) is 10.0 Å². The molecule has 3 aromatic rings. The standard InChI is InChI=1S/C21H23F3N6O3S/c1-19(2)10-28(11-20(33-19)12-29(13-20)34(3,31)32)17-6-7-25-18(27-17)15-8-26-16-5-4-14(9-30(15)16)21(22,23)24/h4-9H,10-13H2,1-3H3. The van der Waals surface area contributed by atoms with Gasteiger partial charge < -0.3 is 9.64 Å². The molecule has 5 rings (SSSR count). The van der Waals surface area contributed by atoms with Gasteiger partial charge >= 0.3 is 6.18 Å². The smallest absolute Gasteiger partial charge is 0.363 e. The van der Waals surface area contributed by atoms with Gasteiger partial charge in [-0.3, -0.25) is 4.40 Å². The van der Waals surface area contributed by atoms with E-state index >= 15 is 0 Å². The van der Waals surface area contributed by atoms with Crippen LogP contribution in [0, 0.1) is 0 Å². The van der Waals surface area contributed by atoms with Gasteiger partial charge in [-0.2, -0.15) is 17.5 Å². The number of hydrogen-bond acceptors (Lipinski definition) is 7. The number of pyridine rings is 1. The van der Waals surface area contributed by atoms with Crippen molar-refractivity contribution in [3.05, 3.63) is 42.4 Å². The van der Waals surface area contributed by atoms with Crippen molar-refractivity contribution in [2.24, 2.45) is 0 Å². The van der Waals surface area contributed by atoms with Crippen LogP contribution in [-0.4, -0.2) is 75.7 Å². The number of alkyl halides is 3. The molecular weight excluding hydrogens is 473 g/mol. The number of imidazole rings is 1. The Kier molecular flexibility index (Phi) is 4.98. The Hall–Kier alpha value is -2.77. The highest BCUT2D eigenvalue weighted by molar-refractivity contribution is 7.88. The Labute approximate surface area is 194 Å². The van der Waals surface area contributed by atoms with E-state index in [0.717, 1.165) is 12.3 Å². The number of ether oxygens (including phenoxy) is 1. The zero-order valence-corrected chi connectivity index (χ0v) is 19.6. The lowest BCUT2D eigenvalue weighted by molar-refractivity contribution is -0.195. The van der Waals surface area contributed by atoms with Crippen LogP contribution in [0.3, 0.4) is 0 Å². The summed E-state index contributed by atoms with van der Waals surface area (Å²) in [5, 5.41) is 0. The first-order chi connectivity index (χ1) is 15.7. The van der Waals surface area contributed by atoms with Crippen molar-refractivity contribution in [2.75, 3.05) is 37.3 Å². The molecule has 0 bridgehead atoms. The molecule has 2 aliphatic rings. The number of morpholine rings is 1. The highest BCUT2D eigenvalue weighted by atomic mass is 32.2. The normalized spacial score (nSPS) is 20.6. The van der Waals surface area contributed by atoms with E-state index in [-0.39, 0.29) is 18.9 Å². The minimum atomic E-state index is -4.49. The average Bonchev–Trinajstić information content (AvgIpc) is 3.13. The zero-order chi connectivity index (χ0) is 24.5. The maximum Gasteiger partial charge on any atom is 0.417 e. The van der Waals surface area contributed by atoms with Crippen molar-refractivity contribution in [1.29, 1.82) is 0 Å². The molecule has 0 radical (unpaired) electrons. The van der Waals surface area contributed by atoms with Gasteiger partial charge in [0, 0.05) is 32.0 Å². The first kappa shape index (κ1) is 23.0. The quantitative estimate of drug-likeness (QED) is 0.550. The first-order valence-corrected chi connectivity index (χ1v) is 12.4. The van der Waals surface area contributed by atoms with Gasteiger partial charge in [0.15, 0.2) is 5.82 Å². The van der Waals surface area contributed by atoms with Crippen LogP contribution in [0.1, 0.15) is 19.4 Å². The van der Waals surface area contributed by atoms with Gasteiger partial charge in [0.25, 0.3) is 0 Å². The molecule has 9 nitrogen and oxygen atoms in total. The molecule has 0 atom stereocenters. The van der Waals surface area contributed by atoms with Crippen LogP contribution in [-0.2, 0) is 20.9 Å². The fraction of sp³-hybridized carbons (Fsp3) is 0.476. The van der Waals surface area contributed by atoms with Crippen LogP contribution < -0.4 is 4.90 Å². The molecule has 2 saturated heterocycles. The number of fused-ring (bicyclic) bond motifs is 1. The Balaban J connectivity index is 1.48. The summed E-state index contributed by atoms with van der Waals surface area (Å²) in [6, 6.07) is 4.00. The van der Waals surface area contributed by atoms with Crippen LogP contribution in [0.2, 0.25) is 0 Å². The molecule has 5 heterocycles. The fourth-order valence-electron chi connectivity index (χ4n) is 4.63. The number of aromatic nitrogens is 4. The number of rotatable bonds is 3. The zero-order valence-electron chi connectivity index (χ0n) is 18.7. The van der Waals surface area contributed by atoms with Gasteiger partial charge in [-0.25, -0.2) is 23.4 Å². The fourth-order valence-corrected chi connectivity index (χ4v) is 5.57. The minimum absolute atomic E-state index is 0.231. The summed E-state index contributed by atoms with van der Waals surface area (Å²) in [7, 11) is -3.31. The summed E-state index contributed by atoms with van der Waals surface area (Å²) in [4.78, 5) is 15.1. The van der Waals surface area contributed by atoms with E-state index in [9.17, 15) is 21.6 Å². The molecular formula is C21H23F3N6O3S. The molecule has 0 N–H and O–H groups in total. The van der Waals surface area contributed by atoms with Gasteiger partial charge in [-0.15, -0.1) is 0 Å². The SMILES string of the molecule is CC1(C)CN(c2ccnc(-c3cnc4ccc(C(F)(F)F)cn34)n2)CC2(CN(S(C)(=O)=O)C2)O1. The number of anilines is 1. The lowest BCUT2D eigenvalue weighted by atomic mass is 9.90. The van der Waals surface area contributed by atoms with Crippen molar-refractivity contribution >= 4 is 21.5 Å². The number of sulfonamides is 1. The lowest BCUT2D eigenvalue weighted by Crippen LogP contribution is -2.74. The van der Waals surface area contributed by atoms with Gasteiger partial charge in [-0.1, -0.05) is 0 Å². The van der Waals surface area contributed by atoms with Crippen molar-refractivity contribution < 1.29 is 26.3 Å². The molecule has 0 aromatic carbocycles. The maximum atomic E-state index is 13.2. The average molecular weight is 497 g/mol. The molecule has 0 amide bonds. The maximum absolute atomic E-state index is 13.2. The van der Waals surface area contributed by atoms with Crippen molar-refractivity contribution in [3.8, 4) is 11.5 Å². The van der Waals surface area contributed by atoms with E-state index in [1.807, 2.05) is 18.7 Å². The second-order valence-electron chi connectivity index (χ2n) is 9.46. The van der Waals surface area contributed by atoms with Crippen LogP contribution in [0.15, 0.2) is 36.8 Å². The molecule has 3 aromatic heterocycles. The summed E-state index contributed by atoms with van der Waals surface area (Å²) in [6.07, 6.45) is 0.643. The molecule has 1 spiro atoms. The van der Waals surface area contributed by atoms with Gasteiger partial charge in [0.05, 0.1) is 30.2 Å². The summed E-state index contributed by atoms with van der Waals surface area (Å²) < 4.78 is 72.4. The molecule has 0 saturated carbocycles. The summed E-state index contributed by atoms with van der Waals surface area (Å²) in [5.41, 5.74) is -1.36. The third-order valence-electron chi connectivity index (χ3n) is 5.97.